The fraction of sp³-hybridized carbons (Fsp3) is 0.348. The molecule has 33 heavy (non-hydrogen) atoms. The summed E-state index contributed by atoms with van der Waals surface area (Å²) in [6, 6.07) is 10.7. The van der Waals surface area contributed by atoms with Gasteiger partial charge in [-0.3, -0.25) is 9.69 Å². The molecule has 2 aromatic carbocycles. The Morgan fingerprint density at radius 2 is 1.82 bits per heavy atom. The molecule has 0 saturated carbocycles. The number of aromatic nitrogens is 2. The van der Waals surface area contributed by atoms with E-state index in [4.69, 9.17) is 4.52 Å². The lowest BCUT2D eigenvalue weighted by molar-refractivity contribution is -0.137. The number of hydrogen-bond acceptors (Lipinski definition) is 5. The van der Waals surface area contributed by atoms with Gasteiger partial charge >= 0.3 is 6.18 Å². The van der Waals surface area contributed by atoms with E-state index in [1.165, 1.54) is 18.2 Å². The summed E-state index contributed by atoms with van der Waals surface area (Å²) < 4.78 is 58.1. The standard InChI is InChI=1S/C23H22F4N4O2/c1-15(22-28-21(29-33-22)17-6-4-7-18(13-17)23(25,26)27)30-9-11-31(12-10-30)20(32)14-16-5-2-3-8-19(16)24/h2-8,13,15H,9-12,14H2,1H3. The maximum Gasteiger partial charge on any atom is 0.416 e. The zero-order valence-corrected chi connectivity index (χ0v) is 17.8. The lowest BCUT2D eigenvalue weighted by Crippen LogP contribution is -2.49. The van der Waals surface area contributed by atoms with Gasteiger partial charge in [-0.15, -0.1) is 0 Å². The smallest absolute Gasteiger partial charge is 0.340 e. The molecule has 0 radical (unpaired) electrons. The van der Waals surface area contributed by atoms with Gasteiger partial charge in [-0.1, -0.05) is 35.5 Å². The van der Waals surface area contributed by atoms with Gasteiger partial charge in [0.2, 0.25) is 17.6 Å². The number of nitrogens with zero attached hydrogens (tertiary/aromatic N) is 4. The molecule has 1 amide bonds. The molecule has 1 fully saturated rings. The van der Waals surface area contributed by atoms with E-state index in [9.17, 15) is 22.4 Å². The van der Waals surface area contributed by atoms with E-state index in [-0.39, 0.29) is 35.6 Å². The summed E-state index contributed by atoms with van der Waals surface area (Å²) in [5, 5.41) is 3.84. The number of amides is 1. The summed E-state index contributed by atoms with van der Waals surface area (Å²) >= 11 is 0. The van der Waals surface area contributed by atoms with Gasteiger partial charge in [0.25, 0.3) is 0 Å². The first-order chi connectivity index (χ1) is 15.7. The fourth-order valence-corrected chi connectivity index (χ4v) is 3.79. The second-order valence-corrected chi connectivity index (χ2v) is 7.90. The van der Waals surface area contributed by atoms with E-state index < -0.39 is 17.6 Å². The van der Waals surface area contributed by atoms with Crippen LogP contribution in [-0.4, -0.2) is 52.0 Å². The number of rotatable bonds is 5. The largest absolute Gasteiger partial charge is 0.416 e. The van der Waals surface area contributed by atoms with Gasteiger partial charge in [-0.25, -0.2) is 4.39 Å². The fourth-order valence-electron chi connectivity index (χ4n) is 3.79. The average Bonchev–Trinajstić information content (AvgIpc) is 3.30. The van der Waals surface area contributed by atoms with Crippen LogP contribution in [0.3, 0.4) is 0 Å². The average molecular weight is 462 g/mol. The lowest BCUT2D eigenvalue weighted by Gasteiger charge is -2.36. The van der Waals surface area contributed by atoms with E-state index in [1.54, 1.807) is 23.1 Å². The lowest BCUT2D eigenvalue weighted by atomic mass is 10.1. The number of halogens is 4. The molecule has 3 aromatic rings. The molecule has 4 rings (SSSR count). The predicted octanol–water partition coefficient (Wildman–Crippen LogP) is 4.34. The SMILES string of the molecule is CC(c1nc(-c2cccc(C(F)(F)F)c2)no1)N1CCN(C(=O)Cc2ccccc2F)CC1. The van der Waals surface area contributed by atoms with Crippen LogP contribution < -0.4 is 0 Å². The molecule has 1 aliphatic rings. The second-order valence-electron chi connectivity index (χ2n) is 7.90. The van der Waals surface area contributed by atoms with Gasteiger partial charge in [0.1, 0.15) is 5.82 Å². The molecule has 0 bridgehead atoms. The van der Waals surface area contributed by atoms with Crippen LogP contribution in [0, 0.1) is 5.82 Å². The predicted molar refractivity (Wildman–Crippen MR) is 111 cm³/mol. The van der Waals surface area contributed by atoms with E-state index in [0.717, 1.165) is 12.1 Å². The van der Waals surface area contributed by atoms with Gasteiger partial charge < -0.3 is 9.42 Å². The molecule has 6 nitrogen and oxygen atoms in total. The highest BCUT2D eigenvalue weighted by molar-refractivity contribution is 5.79. The first-order valence-corrected chi connectivity index (χ1v) is 10.5. The summed E-state index contributed by atoms with van der Waals surface area (Å²) in [6.45, 7) is 3.88. The Kier molecular flexibility index (Phi) is 6.46. The number of carbonyl (C=O) groups is 1. The van der Waals surface area contributed by atoms with E-state index in [1.807, 2.05) is 6.92 Å². The van der Waals surface area contributed by atoms with Crippen molar-refractivity contribution in [2.24, 2.45) is 0 Å². The van der Waals surface area contributed by atoms with Crippen molar-refractivity contribution >= 4 is 5.91 Å². The van der Waals surface area contributed by atoms with Crippen molar-refractivity contribution < 1.29 is 26.9 Å². The quantitative estimate of drug-likeness (QED) is 0.528. The molecule has 0 aliphatic carbocycles. The number of benzene rings is 2. The van der Waals surface area contributed by atoms with E-state index in [0.29, 0.717) is 31.7 Å². The zero-order valence-electron chi connectivity index (χ0n) is 17.8. The van der Waals surface area contributed by atoms with Crippen LogP contribution in [-0.2, 0) is 17.4 Å². The summed E-state index contributed by atoms with van der Waals surface area (Å²) in [6.07, 6.45) is -4.45. The summed E-state index contributed by atoms with van der Waals surface area (Å²) in [4.78, 5) is 20.6. The molecule has 174 valence electrons. The number of piperazine rings is 1. The Balaban J connectivity index is 1.37. The normalized spacial score (nSPS) is 16.1. The first-order valence-electron chi connectivity index (χ1n) is 10.5. The zero-order chi connectivity index (χ0) is 23.6. The number of hydrogen-bond donors (Lipinski definition) is 0. The molecular formula is C23H22F4N4O2. The summed E-state index contributed by atoms with van der Waals surface area (Å²) in [5.74, 6) is -0.168. The topological polar surface area (TPSA) is 62.5 Å². The molecule has 1 aliphatic heterocycles. The minimum absolute atomic E-state index is 0.00619. The van der Waals surface area contributed by atoms with Gasteiger partial charge in [0, 0.05) is 31.7 Å². The Bertz CT molecular complexity index is 1120. The molecule has 1 atom stereocenters. The minimum atomic E-state index is -4.46. The highest BCUT2D eigenvalue weighted by Gasteiger charge is 2.31. The van der Waals surface area contributed by atoms with Crippen molar-refractivity contribution in [1.29, 1.82) is 0 Å². The third-order valence-corrected chi connectivity index (χ3v) is 5.76. The maximum atomic E-state index is 13.8. The second kappa shape index (κ2) is 9.30. The monoisotopic (exact) mass is 462 g/mol. The molecule has 0 N–H and O–H groups in total. The van der Waals surface area contributed by atoms with E-state index >= 15 is 0 Å². The van der Waals surface area contributed by atoms with Crippen molar-refractivity contribution in [1.82, 2.24) is 19.9 Å². The molecule has 10 heteroatoms. The van der Waals surface area contributed by atoms with Gasteiger partial charge in [-0.05, 0) is 30.7 Å². The van der Waals surface area contributed by atoms with Crippen LogP contribution >= 0.6 is 0 Å². The molecular weight excluding hydrogens is 440 g/mol. The van der Waals surface area contributed by atoms with Crippen LogP contribution in [0.2, 0.25) is 0 Å². The Hall–Kier alpha value is -3.27. The number of alkyl halides is 3. The molecule has 1 unspecified atom stereocenters. The van der Waals surface area contributed by atoms with Crippen LogP contribution in [0.4, 0.5) is 17.6 Å². The molecule has 2 heterocycles. The minimum Gasteiger partial charge on any atom is -0.340 e. The van der Waals surface area contributed by atoms with Crippen LogP contribution in [0.25, 0.3) is 11.4 Å². The van der Waals surface area contributed by atoms with Crippen molar-refractivity contribution in [2.45, 2.75) is 25.6 Å². The molecule has 1 saturated heterocycles. The molecule has 0 spiro atoms. The number of carbonyl (C=O) groups excluding carboxylic acids is 1. The van der Waals surface area contributed by atoms with Crippen LogP contribution in [0.1, 0.15) is 30.0 Å². The van der Waals surface area contributed by atoms with Crippen molar-refractivity contribution in [3.05, 3.63) is 71.4 Å². The third-order valence-electron chi connectivity index (χ3n) is 5.76. The van der Waals surface area contributed by atoms with Crippen molar-refractivity contribution in [3.63, 3.8) is 0 Å². The van der Waals surface area contributed by atoms with Crippen molar-refractivity contribution in [2.75, 3.05) is 26.2 Å². The third kappa shape index (κ3) is 5.22. The maximum absolute atomic E-state index is 13.8. The first kappa shape index (κ1) is 22.9. The summed E-state index contributed by atoms with van der Waals surface area (Å²) in [7, 11) is 0. The van der Waals surface area contributed by atoms with Gasteiger partial charge in [0.15, 0.2) is 0 Å². The van der Waals surface area contributed by atoms with Gasteiger partial charge in [-0.2, -0.15) is 18.2 Å². The van der Waals surface area contributed by atoms with E-state index in [2.05, 4.69) is 15.0 Å². The van der Waals surface area contributed by atoms with Crippen LogP contribution in [0.15, 0.2) is 53.1 Å². The highest BCUT2D eigenvalue weighted by Crippen LogP contribution is 2.32. The Morgan fingerprint density at radius 1 is 1.09 bits per heavy atom. The molecule has 1 aromatic heterocycles. The van der Waals surface area contributed by atoms with Gasteiger partial charge in [0.05, 0.1) is 18.0 Å². The summed E-state index contributed by atoms with van der Waals surface area (Å²) in [5.41, 5.74) is -0.197. The Morgan fingerprint density at radius 3 is 2.52 bits per heavy atom. The highest BCUT2D eigenvalue weighted by atomic mass is 19.4. The van der Waals surface area contributed by atoms with Crippen molar-refractivity contribution in [3.8, 4) is 11.4 Å². The van der Waals surface area contributed by atoms with Crippen LogP contribution in [0.5, 0.6) is 0 Å². The Labute approximate surface area is 187 Å².